The smallest absolute Gasteiger partial charge is 0.293 e. The molecule has 0 bridgehead atoms. The number of ether oxygens (including phenoxy) is 1. The predicted octanol–water partition coefficient (Wildman–Crippen LogP) is 3.52. The highest BCUT2D eigenvalue weighted by atomic mass is 19.1. The van der Waals surface area contributed by atoms with Crippen LogP contribution in [0.2, 0.25) is 0 Å². The summed E-state index contributed by atoms with van der Waals surface area (Å²) in [5, 5.41) is 11.1. The van der Waals surface area contributed by atoms with Gasteiger partial charge in [0.25, 0.3) is 6.47 Å². The van der Waals surface area contributed by atoms with Gasteiger partial charge in [0.15, 0.2) is 0 Å². The average molecular weight is 376 g/mol. The minimum atomic E-state index is -0.318. The van der Waals surface area contributed by atoms with Crippen LogP contribution in [0.25, 0.3) is 0 Å². The Bertz CT molecular complexity index is 689. The van der Waals surface area contributed by atoms with Crippen LogP contribution in [-0.2, 0) is 16.1 Å². The first-order valence-corrected chi connectivity index (χ1v) is 9.22. The third kappa shape index (κ3) is 7.78. The van der Waals surface area contributed by atoms with Crippen molar-refractivity contribution < 1.29 is 13.9 Å². The highest BCUT2D eigenvalue weighted by molar-refractivity contribution is 5.39. The zero-order valence-corrected chi connectivity index (χ0v) is 16.2. The molecule has 1 aromatic heterocycles. The standard InChI is InChI=1S/C15H19FN4.C5H10O2/c16-13-3-1-12(2-4-13)9-18-14-10-19-20(11-14)15-5-7-17-8-6-15;1-5(2,3)7-4-6/h1-4,10-11,15,17-18H,5-9H2;4H,1-3H3. The summed E-state index contributed by atoms with van der Waals surface area (Å²) in [5.74, 6) is -0.201. The number of carbonyl (C=O) groups excluding carboxylic acids is 1. The maximum absolute atomic E-state index is 12.8. The van der Waals surface area contributed by atoms with Gasteiger partial charge in [0.05, 0.1) is 17.9 Å². The fourth-order valence-corrected chi connectivity index (χ4v) is 2.65. The lowest BCUT2D eigenvalue weighted by Gasteiger charge is -2.22. The first-order chi connectivity index (χ1) is 12.9. The Kier molecular flexibility index (Phi) is 7.79. The number of nitrogens with zero attached hydrogens (tertiary/aromatic N) is 2. The second kappa shape index (κ2) is 10.1. The molecule has 3 rings (SSSR count). The third-order valence-corrected chi connectivity index (χ3v) is 4.10. The number of nitrogens with one attached hydrogen (secondary N) is 2. The molecule has 0 atom stereocenters. The minimum absolute atomic E-state index is 0.201. The molecule has 2 aromatic rings. The van der Waals surface area contributed by atoms with Gasteiger partial charge in [-0.3, -0.25) is 9.48 Å². The maximum Gasteiger partial charge on any atom is 0.293 e. The van der Waals surface area contributed by atoms with E-state index >= 15 is 0 Å². The molecule has 0 saturated carbocycles. The van der Waals surface area contributed by atoms with Gasteiger partial charge in [0.1, 0.15) is 11.4 Å². The number of rotatable bonds is 5. The number of hydrogen-bond donors (Lipinski definition) is 2. The van der Waals surface area contributed by atoms with Crippen molar-refractivity contribution in [3.8, 4) is 0 Å². The molecule has 0 spiro atoms. The van der Waals surface area contributed by atoms with Crippen LogP contribution in [0, 0.1) is 5.82 Å². The molecule has 2 N–H and O–H groups in total. The highest BCUT2D eigenvalue weighted by Gasteiger charge is 2.15. The number of halogens is 1. The van der Waals surface area contributed by atoms with Gasteiger partial charge in [-0.15, -0.1) is 0 Å². The molecule has 0 amide bonds. The molecule has 7 heteroatoms. The van der Waals surface area contributed by atoms with E-state index < -0.39 is 0 Å². The number of carbonyl (C=O) groups is 1. The van der Waals surface area contributed by atoms with Gasteiger partial charge >= 0.3 is 0 Å². The monoisotopic (exact) mass is 376 g/mol. The van der Waals surface area contributed by atoms with Crippen molar-refractivity contribution in [1.82, 2.24) is 15.1 Å². The van der Waals surface area contributed by atoms with Crippen molar-refractivity contribution in [2.24, 2.45) is 0 Å². The molecule has 1 aliphatic heterocycles. The van der Waals surface area contributed by atoms with Crippen LogP contribution in [0.1, 0.15) is 45.2 Å². The second-order valence-corrected chi connectivity index (χ2v) is 7.50. The summed E-state index contributed by atoms with van der Waals surface area (Å²) in [5.41, 5.74) is 1.75. The van der Waals surface area contributed by atoms with Crippen LogP contribution in [0.5, 0.6) is 0 Å². The van der Waals surface area contributed by atoms with E-state index in [4.69, 9.17) is 0 Å². The van der Waals surface area contributed by atoms with E-state index in [1.165, 1.54) is 12.1 Å². The van der Waals surface area contributed by atoms with Gasteiger partial charge in [-0.1, -0.05) is 12.1 Å². The van der Waals surface area contributed by atoms with Gasteiger partial charge in [0, 0.05) is 12.7 Å². The molecular weight excluding hydrogens is 347 g/mol. The summed E-state index contributed by atoms with van der Waals surface area (Å²) < 4.78 is 19.4. The maximum atomic E-state index is 12.8. The average Bonchev–Trinajstić information content (AvgIpc) is 3.11. The summed E-state index contributed by atoms with van der Waals surface area (Å²) in [7, 11) is 0. The van der Waals surface area contributed by atoms with E-state index in [0.717, 1.165) is 37.2 Å². The number of hydrogen-bond acceptors (Lipinski definition) is 5. The first-order valence-electron chi connectivity index (χ1n) is 9.22. The SMILES string of the molecule is CC(C)(C)OC=O.Fc1ccc(CNc2cnn(C3CCNCC3)c2)cc1. The fourth-order valence-electron chi connectivity index (χ4n) is 2.65. The highest BCUT2D eigenvalue weighted by Crippen LogP contribution is 2.19. The molecular formula is C20H29FN4O2. The van der Waals surface area contributed by atoms with E-state index in [9.17, 15) is 9.18 Å². The minimum Gasteiger partial charge on any atom is -0.462 e. The Labute approximate surface area is 160 Å². The lowest BCUT2D eigenvalue weighted by molar-refractivity contribution is -0.138. The van der Waals surface area contributed by atoms with Gasteiger partial charge < -0.3 is 15.4 Å². The molecule has 0 aliphatic carbocycles. The quantitative estimate of drug-likeness (QED) is 0.782. The van der Waals surface area contributed by atoms with Crippen molar-refractivity contribution in [3.05, 3.63) is 48.0 Å². The van der Waals surface area contributed by atoms with Gasteiger partial charge in [-0.25, -0.2) is 4.39 Å². The molecule has 1 aliphatic rings. The molecule has 27 heavy (non-hydrogen) atoms. The van der Waals surface area contributed by atoms with Crippen molar-refractivity contribution in [3.63, 3.8) is 0 Å². The lowest BCUT2D eigenvalue weighted by atomic mass is 10.1. The summed E-state index contributed by atoms with van der Waals surface area (Å²) in [4.78, 5) is 9.60. The molecule has 1 saturated heterocycles. The largest absolute Gasteiger partial charge is 0.462 e. The van der Waals surface area contributed by atoms with Crippen molar-refractivity contribution in [1.29, 1.82) is 0 Å². The van der Waals surface area contributed by atoms with Crippen molar-refractivity contribution in [2.45, 2.75) is 51.8 Å². The topological polar surface area (TPSA) is 68.2 Å². The van der Waals surface area contributed by atoms with Crippen LogP contribution in [0.4, 0.5) is 10.1 Å². The second-order valence-electron chi connectivity index (χ2n) is 7.50. The van der Waals surface area contributed by atoms with E-state index in [1.54, 1.807) is 12.1 Å². The van der Waals surface area contributed by atoms with Crippen molar-refractivity contribution >= 4 is 12.2 Å². The Balaban J connectivity index is 0.000000321. The Hall–Kier alpha value is -2.41. The molecule has 1 fully saturated rings. The number of aromatic nitrogens is 2. The summed E-state index contributed by atoms with van der Waals surface area (Å²) in [6.45, 7) is 8.72. The summed E-state index contributed by atoms with van der Waals surface area (Å²) in [6.07, 6.45) is 6.16. The number of piperidine rings is 1. The zero-order valence-electron chi connectivity index (χ0n) is 16.2. The van der Waals surface area contributed by atoms with E-state index in [1.807, 2.05) is 31.6 Å². The first kappa shape index (κ1) is 20.9. The normalized spacial score (nSPS) is 14.8. The molecule has 0 unspecified atom stereocenters. The number of benzene rings is 1. The Morgan fingerprint density at radius 2 is 1.96 bits per heavy atom. The van der Waals surface area contributed by atoms with Crippen molar-refractivity contribution in [2.75, 3.05) is 18.4 Å². The number of anilines is 1. The fraction of sp³-hybridized carbons (Fsp3) is 0.500. The molecule has 6 nitrogen and oxygen atoms in total. The third-order valence-electron chi connectivity index (χ3n) is 4.10. The summed E-state index contributed by atoms with van der Waals surface area (Å²) >= 11 is 0. The van der Waals surface area contributed by atoms with Crippen LogP contribution in [-0.4, -0.2) is 34.9 Å². The Morgan fingerprint density at radius 3 is 2.52 bits per heavy atom. The molecule has 1 aromatic carbocycles. The van der Waals surface area contributed by atoms with Gasteiger partial charge in [0.2, 0.25) is 0 Å². The van der Waals surface area contributed by atoms with Crippen LogP contribution < -0.4 is 10.6 Å². The van der Waals surface area contributed by atoms with Crippen LogP contribution in [0.3, 0.4) is 0 Å². The zero-order chi connectivity index (χ0) is 19.7. The van der Waals surface area contributed by atoms with E-state index in [-0.39, 0.29) is 11.4 Å². The lowest BCUT2D eigenvalue weighted by Crippen LogP contribution is -2.29. The predicted molar refractivity (Wildman–Crippen MR) is 104 cm³/mol. The molecule has 2 heterocycles. The van der Waals surface area contributed by atoms with E-state index in [0.29, 0.717) is 19.1 Å². The van der Waals surface area contributed by atoms with Crippen LogP contribution >= 0.6 is 0 Å². The van der Waals surface area contributed by atoms with Gasteiger partial charge in [-0.05, 0) is 64.4 Å². The Morgan fingerprint density at radius 1 is 1.30 bits per heavy atom. The van der Waals surface area contributed by atoms with Gasteiger partial charge in [-0.2, -0.15) is 5.10 Å². The van der Waals surface area contributed by atoms with Crippen LogP contribution in [0.15, 0.2) is 36.7 Å². The molecule has 0 radical (unpaired) electrons. The summed E-state index contributed by atoms with van der Waals surface area (Å²) in [6, 6.07) is 7.04. The van der Waals surface area contributed by atoms with E-state index in [2.05, 4.69) is 26.7 Å². The molecule has 148 valence electrons.